The predicted octanol–water partition coefficient (Wildman–Crippen LogP) is 14.2. The Labute approximate surface area is 323 Å². The number of unbranched alkanes of at least 4 members (excludes halogenated alkanes) is 25. The van der Waals surface area contributed by atoms with Crippen LogP contribution < -0.4 is 0 Å². The summed E-state index contributed by atoms with van der Waals surface area (Å²) in [6, 6.07) is 0. The van der Waals surface area contributed by atoms with Gasteiger partial charge < -0.3 is 14.2 Å². The van der Waals surface area contributed by atoms with Crippen LogP contribution in [0.2, 0.25) is 0 Å². The molecule has 0 aromatic heterocycles. The van der Waals surface area contributed by atoms with Crippen LogP contribution in [0.3, 0.4) is 0 Å². The first kappa shape index (κ1) is 50.4. The summed E-state index contributed by atoms with van der Waals surface area (Å²) in [7, 11) is 0. The van der Waals surface area contributed by atoms with Crippen LogP contribution in [0.15, 0.2) is 0 Å². The lowest BCUT2D eigenvalue weighted by molar-refractivity contribution is -0.167. The lowest BCUT2D eigenvalue weighted by Crippen LogP contribution is -2.30. The SMILES string of the molecule is CCCCCCCCCC(=O)OC[C@H](COC(=O)CCCCCCCCCCCCCCCC(C)C)OC(=O)CCCCCCCCCCC(C)C. The predicted molar refractivity (Wildman–Crippen MR) is 220 cm³/mol. The fraction of sp³-hybridized carbons (Fsp3) is 0.935. The van der Waals surface area contributed by atoms with E-state index in [1.807, 2.05) is 0 Å². The normalized spacial score (nSPS) is 12.1. The molecule has 0 unspecified atom stereocenters. The van der Waals surface area contributed by atoms with Gasteiger partial charge >= 0.3 is 17.9 Å². The third-order valence-corrected chi connectivity index (χ3v) is 10.2. The highest BCUT2D eigenvalue weighted by atomic mass is 16.6. The van der Waals surface area contributed by atoms with E-state index in [-0.39, 0.29) is 31.1 Å². The minimum absolute atomic E-state index is 0.0654. The van der Waals surface area contributed by atoms with Crippen LogP contribution in [0.5, 0.6) is 0 Å². The molecule has 6 nitrogen and oxygen atoms in total. The van der Waals surface area contributed by atoms with Crippen LogP contribution >= 0.6 is 0 Å². The van der Waals surface area contributed by atoms with E-state index in [0.29, 0.717) is 19.3 Å². The number of esters is 3. The molecule has 0 N–H and O–H groups in total. The largest absolute Gasteiger partial charge is 0.462 e. The Morgan fingerprint density at radius 3 is 0.942 bits per heavy atom. The van der Waals surface area contributed by atoms with Crippen LogP contribution in [0.4, 0.5) is 0 Å². The highest BCUT2D eigenvalue weighted by Gasteiger charge is 2.19. The summed E-state index contributed by atoms with van der Waals surface area (Å²) in [5, 5.41) is 0. The van der Waals surface area contributed by atoms with E-state index >= 15 is 0 Å². The van der Waals surface area contributed by atoms with Gasteiger partial charge in [-0.15, -0.1) is 0 Å². The third-order valence-electron chi connectivity index (χ3n) is 10.2. The molecule has 6 heteroatoms. The molecule has 52 heavy (non-hydrogen) atoms. The summed E-state index contributed by atoms with van der Waals surface area (Å²) in [5.41, 5.74) is 0. The topological polar surface area (TPSA) is 78.9 Å². The second kappa shape index (κ2) is 39.1. The summed E-state index contributed by atoms with van der Waals surface area (Å²) < 4.78 is 16.7. The molecular formula is C46H88O6. The van der Waals surface area contributed by atoms with E-state index in [0.717, 1.165) is 69.6 Å². The standard InChI is InChI=1S/C46H88O6/c1-6-7-8-9-19-26-31-36-44(47)50-39-43(52-46(49)38-33-28-23-18-17-21-25-30-35-42(4)5)40-51-45(48)37-32-27-22-16-14-12-10-11-13-15-20-24-29-34-41(2)3/h41-43H,6-40H2,1-5H3/t43-/m1/s1. The van der Waals surface area contributed by atoms with E-state index in [9.17, 15) is 14.4 Å². The number of carbonyl (C=O) groups is 3. The Morgan fingerprint density at radius 1 is 0.365 bits per heavy atom. The van der Waals surface area contributed by atoms with Crippen molar-refractivity contribution in [3.63, 3.8) is 0 Å². The van der Waals surface area contributed by atoms with Gasteiger partial charge in [-0.05, 0) is 31.1 Å². The summed E-state index contributed by atoms with van der Waals surface area (Å²) in [4.78, 5) is 37.6. The zero-order valence-corrected chi connectivity index (χ0v) is 35.4. The molecule has 0 spiro atoms. The molecule has 0 radical (unpaired) electrons. The molecule has 1 atom stereocenters. The Kier molecular flexibility index (Phi) is 37.9. The van der Waals surface area contributed by atoms with Gasteiger partial charge in [-0.25, -0.2) is 0 Å². The lowest BCUT2D eigenvalue weighted by atomic mass is 10.0. The van der Waals surface area contributed by atoms with Gasteiger partial charge in [0.15, 0.2) is 6.10 Å². The molecule has 0 amide bonds. The molecule has 0 rings (SSSR count). The van der Waals surface area contributed by atoms with Crippen molar-refractivity contribution in [1.29, 1.82) is 0 Å². The molecule has 0 saturated carbocycles. The summed E-state index contributed by atoms with van der Waals surface area (Å²) in [5.74, 6) is 0.768. The average molecular weight is 737 g/mol. The zero-order valence-electron chi connectivity index (χ0n) is 35.4. The number of rotatable bonds is 40. The van der Waals surface area contributed by atoms with Gasteiger partial charge in [0.1, 0.15) is 13.2 Å². The van der Waals surface area contributed by atoms with Gasteiger partial charge in [0.25, 0.3) is 0 Å². The van der Waals surface area contributed by atoms with Gasteiger partial charge in [-0.1, -0.05) is 208 Å². The Bertz CT molecular complexity index is 794. The minimum Gasteiger partial charge on any atom is -0.462 e. The molecule has 0 saturated heterocycles. The van der Waals surface area contributed by atoms with Crippen molar-refractivity contribution in [3.05, 3.63) is 0 Å². The fourth-order valence-electron chi connectivity index (χ4n) is 6.75. The molecule has 0 aromatic carbocycles. The van der Waals surface area contributed by atoms with Crippen molar-refractivity contribution in [2.75, 3.05) is 13.2 Å². The number of hydrogen-bond acceptors (Lipinski definition) is 6. The van der Waals surface area contributed by atoms with Crippen molar-refractivity contribution in [2.24, 2.45) is 11.8 Å². The molecule has 0 aliphatic rings. The summed E-state index contributed by atoms with van der Waals surface area (Å²) in [6.45, 7) is 11.3. The molecule has 0 aromatic rings. The van der Waals surface area contributed by atoms with Crippen molar-refractivity contribution in [3.8, 4) is 0 Å². The lowest BCUT2D eigenvalue weighted by Gasteiger charge is -2.18. The van der Waals surface area contributed by atoms with Gasteiger partial charge in [0.05, 0.1) is 0 Å². The minimum atomic E-state index is -0.759. The highest BCUT2D eigenvalue weighted by Crippen LogP contribution is 2.16. The first-order valence-electron chi connectivity index (χ1n) is 22.7. The molecule has 0 bridgehead atoms. The van der Waals surface area contributed by atoms with Crippen LogP contribution in [0, 0.1) is 11.8 Å². The monoisotopic (exact) mass is 737 g/mol. The first-order valence-corrected chi connectivity index (χ1v) is 22.7. The van der Waals surface area contributed by atoms with Gasteiger partial charge in [0, 0.05) is 19.3 Å². The quantitative estimate of drug-likeness (QED) is 0.0354. The number of ether oxygens (including phenoxy) is 3. The molecule has 0 heterocycles. The van der Waals surface area contributed by atoms with Crippen molar-refractivity contribution < 1.29 is 28.6 Å². The van der Waals surface area contributed by atoms with Crippen LogP contribution in [-0.2, 0) is 28.6 Å². The van der Waals surface area contributed by atoms with Crippen molar-refractivity contribution >= 4 is 17.9 Å². The average Bonchev–Trinajstić information content (AvgIpc) is 3.11. The zero-order chi connectivity index (χ0) is 38.3. The van der Waals surface area contributed by atoms with E-state index in [1.165, 1.54) is 135 Å². The molecular weight excluding hydrogens is 649 g/mol. The Morgan fingerprint density at radius 2 is 0.635 bits per heavy atom. The van der Waals surface area contributed by atoms with Crippen LogP contribution in [0.1, 0.15) is 247 Å². The fourth-order valence-corrected chi connectivity index (χ4v) is 6.75. The second-order valence-corrected chi connectivity index (χ2v) is 16.6. The summed E-state index contributed by atoms with van der Waals surface area (Å²) >= 11 is 0. The van der Waals surface area contributed by atoms with Crippen molar-refractivity contribution in [2.45, 2.75) is 253 Å². The van der Waals surface area contributed by atoms with Crippen LogP contribution in [-0.4, -0.2) is 37.2 Å². The number of carbonyl (C=O) groups excluding carboxylic acids is 3. The molecule has 0 aliphatic heterocycles. The van der Waals surface area contributed by atoms with E-state index in [1.54, 1.807) is 0 Å². The Balaban J connectivity index is 4.24. The maximum absolute atomic E-state index is 12.7. The second-order valence-electron chi connectivity index (χ2n) is 16.6. The van der Waals surface area contributed by atoms with E-state index < -0.39 is 6.10 Å². The summed E-state index contributed by atoms with van der Waals surface area (Å²) in [6.07, 6.45) is 36.7. The highest BCUT2D eigenvalue weighted by molar-refractivity contribution is 5.71. The third kappa shape index (κ3) is 39.6. The molecule has 0 aliphatic carbocycles. The maximum Gasteiger partial charge on any atom is 0.306 e. The van der Waals surface area contributed by atoms with Gasteiger partial charge in [-0.2, -0.15) is 0 Å². The maximum atomic E-state index is 12.7. The smallest absolute Gasteiger partial charge is 0.306 e. The van der Waals surface area contributed by atoms with E-state index in [2.05, 4.69) is 34.6 Å². The van der Waals surface area contributed by atoms with Gasteiger partial charge in [0.2, 0.25) is 0 Å². The Hall–Kier alpha value is -1.59. The number of hydrogen-bond donors (Lipinski definition) is 0. The van der Waals surface area contributed by atoms with Crippen molar-refractivity contribution in [1.82, 2.24) is 0 Å². The first-order chi connectivity index (χ1) is 25.2. The van der Waals surface area contributed by atoms with E-state index in [4.69, 9.17) is 14.2 Å². The van der Waals surface area contributed by atoms with Crippen LogP contribution in [0.25, 0.3) is 0 Å². The molecule has 0 fully saturated rings. The van der Waals surface area contributed by atoms with Gasteiger partial charge in [-0.3, -0.25) is 14.4 Å². The molecule has 308 valence electrons.